The Morgan fingerprint density at radius 1 is 1.38 bits per heavy atom. The van der Waals surface area contributed by atoms with Gasteiger partial charge in [-0.05, 0) is 44.6 Å². The summed E-state index contributed by atoms with van der Waals surface area (Å²) >= 11 is 0. The van der Waals surface area contributed by atoms with Crippen LogP contribution in [0, 0.1) is 0 Å². The van der Waals surface area contributed by atoms with Gasteiger partial charge in [-0.25, -0.2) is 8.42 Å². The lowest BCUT2D eigenvalue weighted by molar-refractivity contribution is 0.0912. The lowest BCUT2D eigenvalue weighted by atomic mass is 10.1. The van der Waals surface area contributed by atoms with Crippen LogP contribution < -0.4 is 11.1 Å². The maximum Gasteiger partial charge on any atom is 0.251 e. The van der Waals surface area contributed by atoms with Crippen LogP contribution in [0.15, 0.2) is 23.1 Å². The summed E-state index contributed by atoms with van der Waals surface area (Å²) in [6, 6.07) is 4.31. The topological polar surface area (TPSA) is 92.5 Å². The van der Waals surface area contributed by atoms with E-state index in [0.29, 0.717) is 0 Å². The summed E-state index contributed by atoms with van der Waals surface area (Å²) in [5, 5.41) is 2.94. The van der Waals surface area contributed by atoms with Crippen molar-refractivity contribution in [2.45, 2.75) is 23.8 Å². The van der Waals surface area contributed by atoms with Gasteiger partial charge in [0.1, 0.15) is 0 Å². The second kappa shape index (κ2) is 6.03. The largest absolute Gasteiger partial charge is 0.399 e. The van der Waals surface area contributed by atoms with Crippen LogP contribution in [-0.4, -0.2) is 51.7 Å². The number of carbonyl (C=O) groups is 1. The van der Waals surface area contributed by atoms with E-state index >= 15 is 0 Å². The summed E-state index contributed by atoms with van der Waals surface area (Å²) in [5.41, 5.74) is 6.25. The van der Waals surface area contributed by atoms with Gasteiger partial charge in [-0.1, -0.05) is 0 Å². The summed E-state index contributed by atoms with van der Waals surface area (Å²) in [6.45, 7) is 1.83. The van der Waals surface area contributed by atoms with Crippen LogP contribution in [0.1, 0.15) is 23.2 Å². The van der Waals surface area contributed by atoms with Crippen molar-refractivity contribution in [1.82, 2.24) is 10.2 Å². The number of sulfone groups is 1. The molecule has 1 atom stereocenters. The molecule has 1 aliphatic rings. The Hall–Kier alpha value is -1.60. The number of nitrogens with one attached hydrogen (secondary N) is 1. The lowest BCUT2D eigenvalue weighted by Gasteiger charge is -2.30. The second-order valence-electron chi connectivity index (χ2n) is 5.64. The number of anilines is 1. The van der Waals surface area contributed by atoms with E-state index < -0.39 is 9.84 Å². The van der Waals surface area contributed by atoms with Gasteiger partial charge in [0.05, 0.1) is 4.90 Å². The van der Waals surface area contributed by atoms with E-state index in [-0.39, 0.29) is 28.1 Å². The first-order valence-corrected chi connectivity index (χ1v) is 8.75. The molecule has 0 aromatic heterocycles. The summed E-state index contributed by atoms with van der Waals surface area (Å²) < 4.78 is 23.2. The van der Waals surface area contributed by atoms with E-state index in [1.165, 1.54) is 18.2 Å². The number of hydrogen-bond acceptors (Lipinski definition) is 5. The number of likely N-dealkylation sites (N-methyl/N-ethyl adjacent to an activating group) is 1. The van der Waals surface area contributed by atoms with Crippen molar-refractivity contribution in [2.24, 2.45) is 0 Å². The molecule has 6 nitrogen and oxygen atoms in total. The molecule has 1 unspecified atom stereocenters. The quantitative estimate of drug-likeness (QED) is 0.793. The maximum absolute atomic E-state index is 12.3. The van der Waals surface area contributed by atoms with Crippen LogP contribution in [0.4, 0.5) is 5.69 Å². The molecule has 0 saturated carbocycles. The molecule has 2 rings (SSSR count). The zero-order chi connectivity index (χ0) is 15.6. The molecule has 1 amide bonds. The molecule has 1 saturated heterocycles. The van der Waals surface area contributed by atoms with Gasteiger partial charge in [-0.15, -0.1) is 0 Å². The lowest BCUT2D eigenvalue weighted by Crippen LogP contribution is -2.46. The molecule has 21 heavy (non-hydrogen) atoms. The van der Waals surface area contributed by atoms with Crippen LogP contribution in [0.5, 0.6) is 0 Å². The van der Waals surface area contributed by atoms with Crippen LogP contribution in [0.2, 0.25) is 0 Å². The van der Waals surface area contributed by atoms with Crippen molar-refractivity contribution in [3.05, 3.63) is 23.8 Å². The summed E-state index contributed by atoms with van der Waals surface area (Å²) in [6.07, 6.45) is 3.06. The number of amides is 1. The van der Waals surface area contributed by atoms with Crippen molar-refractivity contribution < 1.29 is 13.2 Å². The minimum Gasteiger partial charge on any atom is -0.399 e. The Balaban J connectivity index is 2.17. The van der Waals surface area contributed by atoms with E-state index in [9.17, 15) is 13.2 Å². The van der Waals surface area contributed by atoms with E-state index in [2.05, 4.69) is 10.2 Å². The monoisotopic (exact) mass is 311 g/mol. The van der Waals surface area contributed by atoms with E-state index in [1.807, 2.05) is 7.05 Å². The van der Waals surface area contributed by atoms with Crippen molar-refractivity contribution in [1.29, 1.82) is 0 Å². The molecule has 0 bridgehead atoms. The van der Waals surface area contributed by atoms with Gasteiger partial charge in [0.25, 0.3) is 5.91 Å². The Labute approximate surface area is 125 Å². The molecular weight excluding hydrogens is 290 g/mol. The number of carbonyl (C=O) groups excluding carboxylic acids is 1. The summed E-state index contributed by atoms with van der Waals surface area (Å²) in [4.78, 5) is 14.5. The van der Waals surface area contributed by atoms with Crippen LogP contribution in [0.3, 0.4) is 0 Å². The first-order chi connectivity index (χ1) is 9.75. The first-order valence-electron chi connectivity index (χ1n) is 6.86. The van der Waals surface area contributed by atoms with Gasteiger partial charge < -0.3 is 16.0 Å². The van der Waals surface area contributed by atoms with Crippen molar-refractivity contribution >= 4 is 21.4 Å². The predicted molar refractivity (Wildman–Crippen MR) is 81.9 cm³/mol. The molecule has 1 heterocycles. The third-order valence-corrected chi connectivity index (χ3v) is 4.67. The summed E-state index contributed by atoms with van der Waals surface area (Å²) in [7, 11) is -1.38. The zero-order valence-electron chi connectivity index (χ0n) is 12.3. The van der Waals surface area contributed by atoms with Crippen molar-refractivity contribution in [3.63, 3.8) is 0 Å². The average Bonchev–Trinajstić information content (AvgIpc) is 2.37. The fraction of sp³-hybridized carbons (Fsp3) is 0.500. The molecule has 0 spiro atoms. The fourth-order valence-electron chi connectivity index (χ4n) is 2.52. The SMILES string of the molecule is CN1CCCC(NC(=O)c2cc(N)cc(S(C)(=O)=O)c2)C1. The number of rotatable bonds is 3. The number of piperidine rings is 1. The third-order valence-electron chi connectivity index (χ3n) is 3.58. The molecule has 0 aliphatic carbocycles. The third kappa shape index (κ3) is 4.18. The highest BCUT2D eigenvalue weighted by Crippen LogP contribution is 2.17. The van der Waals surface area contributed by atoms with Crippen molar-refractivity contribution in [3.8, 4) is 0 Å². The van der Waals surface area contributed by atoms with Gasteiger partial charge >= 0.3 is 0 Å². The van der Waals surface area contributed by atoms with E-state index in [4.69, 9.17) is 5.73 Å². The van der Waals surface area contributed by atoms with Gasteiger partial charge in [-0.2, -0.15) is 0 Å². The Kier molecular flexibility index (Phi) is 4.53. The normalized spacial score (nSPS) is 20.2. The first kappa shape index (κ1) is 15.8. The Morgan fingerprint density at radius 3 is 2.71 bits per heavy atom. The molecule has 1 aromatic carbocycles. The number of benzene rings is 1. The molecule has 0 radical (unpaired) electrons. The van der Waals surface area contributed by atoms with Gasteiger partial charge in [0.15, 0.2) is 9.84 Å². The van der Waals surface area contributed by atoms with Crippen LogP contribution >= 0.6 is 0 Å². The molecule has 1 aliphatic heterocycles. The minimum absolute atomic E-state index is 0.0633. The van der Waals surface area contributed by atoms with E-state index in [0.717, 1.165) is 32.2 Å². The molecule has 3 N–H and O–H groups in total. The van der Waals surface area contributed by atoms with Crippen LogP contribution in [-0.2, 0) is 9.84 Å². The average molecular weight is 311 g/mol. The molecule has 7 heteroatoms. The molecule has 1 aromatic rings. The number of hydrogen-bond donors (Lipinski definition) is 2. The standard InChI is InChI=1S/C14H21N3O3S/c1-17-5-3-4-12(9-17)16-14(18)10-6-11(15)8-13(7-10)21(2,19)20/h6-8,12H,3-5,9,15H2,1-2H3,(H,16,18). The number of nitrogens with zero attached hydrogens (tertiary/aromatic N) is 1. The molecule has 1 fully saturated rings. The Bertz CT molecular complexity index is 643. The number of likely N-dealkylation sites (tertiary alicyclic amines) is 1. The maximum atomic E-state index is 12.3. The number of nitrogens with two attached hydrogens (primary N) is 1. The van der Waals surface area contributed by atoms with Crippen LogP contribution in [0.25, 0.3) is 0 Å². The number of nitrogen functional groups attached to an aromatic ring is 1. The van der Waals surface area contributed by atoms with Gasteiger partial charge in [-0.3, -0.25) is 4.79 Å². The predicted octanol–water partition coefficient (Wildman–Crippen LogP) is 0.496. The fourth-order valence-corrected chi connectivity index (χ4v) is 3.21. The van der Waals surface area contributed by atoms with Crippen molar-refractivity contribution in [2.75, 3.05) is 32.1 Å². The second-order valence-corrected chi connectivity index (χ2v) is 7.65. The molecular formula is C14H21N3O3S. The van der Waals surface area contributed by atoms with E-state index in [1.54, 1.807) is 0 Å². The minimum atomic E-state index is -3.39. The molecule has 116 valence electrons. The highest BCUT2D eigenvalue weighted by Gasteiger charge is 2.20. The highest BCUT2D eigenvalue weighted by molar-refractivity contribution is 7.90. The highest BCUT2D eigenvalue weighted by atomic mass is 32.2. The van der Waals surface area contributed by atoms with Gasteiger partial charge in [0.2, 0.25) is 0 Å². The zero-order valence-corrected chi connectivity index (χ0v) is 13.1. The van der Waals surface area contributed by atoms with Gasteiger partial charge in [0, 0.05) is 30.1 Å². The summed E-state index contributed by atoms with van der Waals surface area (Å²) in [5.74, 6) is -0.285. The smallest absolute Gasteiger partial charge is 0.251 e. The Morgan fingerprint density at radius 2 is 2.10 bits per heavy atom.